The van der Waals surface area contributed by atoms with Crippen LogP contribution in [-0.2, 0) is 4.79 Å². The Hall–Kier alpha value is -0.610. The lowest BCUT2D eigenvalue weighted by atomic mass is 9.90. The van der Waals surface area contributed by atoms with Crippen molar-refractivity contribution in [2.45, 2.75) is 45.2 Å². The molecule has 2 fully saturated rings. The van der Waals surface area contributed by atoms with Crippen LogP contribution in [0.2, 0.25) is 0 Å². The molecule has 0 aromatic carbocycles. The Kier molecular flexibility index (Phi) is 4.62. The van der Waals surface area contributed by atoms with E-state index in [0.717, 1.165) is 26.1 Å². The summed E-state index contributed by atoms with van der Waals surface area (Å²) >= 11 is 0. The molecule has 2 saturated heterocycles. The molecule has 0 spiro atoms. The van der Waals surface area contributed by atoms with Crippen LogP contribution < -0.4 is 5.32 Å². The van der Waals surface area contributed by atoms with Crippen molar-refractivity contribution in [3.05, 3.63) is 0 Å². The molecule has 18 heavy (non-hydrogen) atoms. The van der Waals surface area contributed by atoms with Crippen molar-refractivity contribution in [2.24, 2.45) is 5.92 Å². The molecular formula is C14H27N3O. The SMILES string of the molecule is CC1CN(C)C(C)CC1NCC(=O)N1CCCC1. The van der Waals surface area contributed by atoms with E-state index in [1.165, 1.54) is 12.8 Å². The summed E-state index contributed by atoms with van der Waals surface area (Å²) in [6.45, 7) is 8.10. The van der Waals surface area contributed by atoms with Crippen molar-refractivity contribution in [1.82, 2.24) is 15.1 Å². The molecule has 3 atom stereocenters. The molecule has 4 heteroatoms. The number of likely N-dealkylation sites (tertiary alicyclic amines) is 2. The van der Waals surface area contributed by atoms with Gasteiger partial charge in [0.05, 0.1) is 6.54 Å². The first kappa shape index (κ1) is 13.8. The van der Waals surface area contributed by atoms with Gasteiger partial charge in [0.15, 0.2) is 0 Å². The minimum atomic E-state index is 0.284. The van der Waals surface area contributed by atoms with Crippen LogP contribution in [0.4, 0.5) is 0 Å². The molecule has 2 aliphatic rings. The smallest absolute Gasteiger partial charge is 0.236 e. The topological polar surface area (TPSA) is 35.6 Å². The van der Waals surface area contributed by atoms with E-state index in [1.807, 2.05) is 4.90 Å². The molecule has 0 radical (unpaired) electrons. The van der Waals surface area contributed by atoms with E-state index in [1.54, 1.807) is 0 Å². The fourth-order valence-corrected chi connectivity index (χ4v) is 3.12. The number of piperidine rings is 1. The van der Waals surface area contributed by atoms with Crippen LogP contribution in [0.1, 0.15) is 33.1 Å². The summed E-state index contributed by atoms with van der Waals surface area (Å²) in [6.07, 6.45) is 3.49. The molecule has 2 heterocycles. The fraction of sp³-hybridized carbons (Fsp3) is 0.929. The molecule has 2 aliphatic heterocycles. The van der Waals surface area contributed by atoms with E-state index in [9.17, 15) is 4.79 Å². The number of nitrogens with zero attached hydrogens (tertiary/aromatic N) is 2. The summed E-state index contributed by atoms with van der Waals surface area (Å²) in [7, 11) is 2.19. The largest absolute Gasteiger partial charge is 0.342 e. The fourth-order valence-electron chi connectivity index (χ4n) is 3.12. The van der Waals surface area contributed by atoms with Crippen molar-refractivity contribution in [1.29, 1.82) is 0 Å². The zero-order valence-electron chi connectivity index (χ0n) is 12.0. The maximum absolute atomic E-state index is 12.0. The standard InChI is InChI=1S/C14H27N3O/c1-11-10-16(3)12(2)8-13(11)15-9-14(18)17-6-4-5-7-17/h11-13,15H,4-10H2,1-3H3. The Morgan fingerprint density at radius 1 is 1.28 bits per heavy atom. The molecule has 4 nitrogen and oxygen atoms in total. The van der Waals surface area contributed by atoms with Gasteiger partial charge in [-0.3, -0.25) is 4.79 Å². The minimum Gasteiger partial charge on any atom is -0.342 e. The maximum atomic E-state index is 12.0. The van der Waals surface area contributed by atoms with Gasteiger partial charge >= 0.3 is 0 Å². The highest BCUT2D eigenvalue weighted by Gasteiger charge is 2.29. The first-order chi connectivity index (χ1) is 8.58. The Balaban J connectivity index is 1.77. The van der Waals surface area contributed by atoms with E-state index in [4.69, 9.17) is 0 Å². The predicted octanol–water partition coefficient (Wildman–Crippen LogP) is 0.927. The molecule has 1 N–H and O–H groups in total. The van der Waals surface area contributed by atoms with Gasteiger partial charge in [-0.05, 0) is 39.2 Å². The Morgan fingerprint density at radius 2 is 1.94 bits per heavy atom. The average molecular weight is 253 g/mol. The monoisotopic (exact) mass is 253 g/mol. The third-order valence-corrected chi connectivity index (χ3v) is 4.58. The average Bonchev–Trinajstić information content (AvgIpc) is 2.85. The molecule has 1 amide bonds. The van der Waals surface area contributed by atoms with E-state index in [2.05, 4.69) is 31.1 Å². The van der Waals surface area contributed by atoms with Gasteiger partial charge in [-0.25, -0.2) is 0 Å². The van der Waals surface area contributed by atoms with Gasteiger partial charge in [-0.1, -0.05) is 6.92 Å². The summed E-state index contributed by atoms with van der Waals surface area (Å²) in [4.78, 5) is 16.4. The molecule has 0 saturated carbocycles. The van der Waals surface area contributed by atoms with Gasteiger partial charge in [0.25, 0.3) is 0 Å². The van der Waals surface area contributed by atoms with Crippen LogP contribution in [0.25, 0.3) is 0 Å². The predicted molar refractivity (Wildman–Crippen MR) is 73.5 cm³/mol. The first-order valence-electron chi connectivity index (χ1n) is 7.29. The first-order valence-corrected chi connectivity index (χ1v) is 7.29. The van der Waals surface area contributed by atoms with Gasteiger partial charge in [0.1, 0.15) is 0 Å². The quantitative estimate of drug-likeness (QED) is 0.812. The molecule has 0 aromatic rings. The zero-order valence-corrected chi connectivity index (χ0v) is 12.0. The molecular weight excluding hydrogens is 226 g/mol. The third-order valence-electron chi connectivity index (χ3n) is 4.58. The molecule has 0 aromatic heterocycles. The summed E-state index contributed by atoms with van der Waals surface area (Å²) in [5.41, 5.74) is 0. The lowest BCUT2D eigenvalue weighted by Gasteiger charge is -2.40. The number of carbonyl (C=O) groups is 1. The van der Waals surface area contributed by atoms with Gasteiger partial charge in [-0.2, -0.15) is 0 Å². The summed E-state index contributed by atoms with van der Waals surface area (Å²) in [5.74, 6) is 0.906. The van der Waals surface area contributed by atoms with Gasteiger partial charge in [-0.15, -0.1) is 0 Å². The second kappa shape index (κ2) is 6.02. The van der Waals surface area contributed by atoms with E-state index >= 15 is 0 Å². The van der Waals surface area contributed by atoms with Crippen molar-refractivity contribution >= 4 is 5.91 Å². The van der Waals surface area contributed by atoms with Gasteiger partial charge in [0, 0.05) is 31.7 Å². The zero-order chi connectivity index (χ0) is 13.1. The van der Waals surface area contributed by atoms with Crippen LogP contribution in [-0.4, -0.2) is 61.0 Å². The normalized spacial score (nSPS) is 33.9. The second-order valence-corrected chi connectivity index (χ2v) is 6.08. The van der Waals surface area contributed by atoms with E-state index < -0.39 is 0 Å². The number of hydrogen-bond acceptors (Lipinski definition) is 3. The molecule has 0 bridgehead atoms. The summed E-state index contributed by atoms with van der Waals surface area (Å²) in [5, 5.41) is 3.48. The lowest BCUT2D eigenvalue weighted by Crippen LogP contribution is -2.52. The highest BCUT2D eigenvalue weighted by molar-refractivity contribution is 5.78. The van der Waals surface area contributed by atoms with E-state index in [-0.39, 0.29) is 5.91 Å². The Bertz CT molecular complexity index is 289. The number of nitrogens with one attached hydrogen (secondary N) is 1. The highest BCUT2D eigenvalue weighted by atomic mass is 16.2. The molecule has 2 rings (SSSR count). The van der Waals surface area contributed by atoms with Crippen LogP contribution in [0.15, 0.2) is 0 Å². The maximum Gasteiger partial charge on any atom is 0.236 e. The highest BCUT2D eigenvalue weighted by Crippen LogP contribution is 2.20. The number of rotatable bonds is 3. The minimum absolute atomic E-state index is 0.284. The summed E-state index contributed by atoms with van der Waals surface area (Å²) < 4.78 is 0. The summed E-state index contributed by atoms with van der Waals surface area (Å²) in [6, 6.07) is 1.10. The van der Waals surface area contributed by atoms with Crippen LogP contribution in [0.5, 0.6) is 0 Å². The van der Waals surface area contributed by atoms with Crippen molar-refractivity contribution in [2.75, 3.05) is 33.2 Å². The molecule has 104 valence electrons. The van der Waals surface area contributed by atoms with E-state index in [0.29, 0.717) is 24.5 Å². The van der Waals surface area contributed by atoms with Crippen molar-refractivity contribution < 1.29 is 4.79 Å². The van der Waals surface area contributed by atoms with Crippen LogP contribution >= 0.6 is 0 Å². The van der Waals surface area contributed by atoms with Gasteiger partial charge < -0.3 is 15.1 Å². The van der Waals surface area contributed by atoms with Crippen LogP contribution in [0.3, 0.4) is 0 Å². The van der Waals surface area contributed by atoms with Gasteiger partial charge in [0.2, 0.25) is 5.91 Å². The lowest BCUT2D eigenvalue weighted by molar-refractivity contribution is -0.129. The Labute approximate surface area is 111 Å². The molecule has 3 unspecified atom stereocenters. The van der Waals surface area contributed by atoms with Crippen molar-refractivity contribution in [3.8, 4) is 0 Å². The third kappa shape index (κ3) is 3.23. The van der Waals surface area contributed by atoms with Crippen LogP contribution in [0, 0.1) is 5.92 Å². The Morgan fingerprint density at radius 3 is 2.61 bits per heavy atom. The number of hydrogen-bond donors (Lipinski definition) is 1. The number of amides is 1. The van der Waals surface area contributed by atoms with Crippen molar-refractivity contribution in [3.63, 3.8) is 0 Å². The second-order valence-electron chi connectivity index (χ2n) is 6.08. The molecule has 0 aliphatic carbocycles. The number of carbonyl (C=O) groups excluding carboxylic acids is 1.